The highest BCUT2D eigenvalue weighted by Crippen LogP contribution is 2.39. The number of hydrogen-bond donors (Lipinski definition) is 1. The van der Waals surface area contributed by atoms with Gasteiger partial charge < -0.3 is 19.2 Å². The Morgan fingerprint density at radius 1 is 1.32 bits per heavy atom. The number of nitrogens with zero attached hydrogens (tertiary/aromatic N) is 2. The second-order valence-corrected chi connectivity index (χ2v) is 5.45. The number of H-pyrrole nitrogens is 1. The van der Waals surface area contributed by atoms with Gasteiger partial charge in [0.1, 0.15) is 17.6 Å². The lowest BCUT2D eigenvalue weighted by Crippen LogP contribution is -1.95. The number of allylic oxidation sites excluding steroid dienone is 1. The van der Waals surface area contributed by atoms with Crippen LogP contribution in [0.5, 0.6) is 17.2 Å². The molecule has 0 aliphatic carbocycles. The average Bonchev–Trinajstić information content (AvgIpc) is 3.25. The maximum atomic E-state index is 9.61. The molecule has 4 rings (SSSR count). The molecular weight excluding hydrogens is 318 g/mol. The van der Waals surface area contributed by atoms with Crippen LogP contribution in [0.1, 0.15) is 18.3 Å². The molecule has 25 heavy (non-hydrogen) atoms. The zero-order valence-electron chi connectivity index (χ0n) is 13.6. The van der Waals surface area contributed by atoms with Gasteiger partial charge in [0.25, 0.3) is 0 Å². The van der Waals surface area contributed by atoms with E-state index in [1.54, 1.807) is 12.1 Å². The molecule has 124 valence electrons. The molecule has 0 saturated carbocycles. The van der Waals surface area contributed by atoms with E-state index in [0.717, 1.165) is 16.6 Å². The molecule has 0 radical (unpaired) electrons. The number of fused-ring (bicyclic) bond motifs is 2. The number of para-hydroxylation sites is 2. The van der Waals surface area contributed by atoms with Crippen molar-refractivity contribution < 1.29 is 14.2 Å². The number of nitriles is 1. The molecule has 1 aliphatic rings. The van der Waals surface area contributed by atoms with Gasteiger partial charge in [-0.1, -0.05) is 12.1 Å². The Morgan fingerprint density at radius 3 is 2.88 bits per heavy atom. The van der Waals surface area contributed by atoms with Crippen molar-refractivity contribution in [3.63, 3.8) is 0 Å². The van der Waals surface area contributed by atoms with Gasteiger partial charge in [0, 0.05) is 11.6 Å². The Balaban J connectivity index is 1.81. The van der Waals surface area contributed by atoms with Gasteiger partial charge in [0.2, 0.25) is 6.79 Å². The normalized spacial score (nSPS) is 13.0. The third-order valence-electron chi connectivity index (χ3n) is 3.87. The zero-order chi connectivity index (χ0) is 17.2. The van der Waals surface area contributed by atoms with Crippen molar-refractivity contribution >= 4 is 22.7 Å². The van der Waals surface area contributed by atoms with Crippen molar-refractivity contribution in [2.24, 2.45) is 0 Å². The summed E-state index contributed by atoms with van der Waals surface area (Å²) in [6, 6.07) is 13.5. The van der Waals surface area contributed by atoms with E-state index in [0.29, 0.717) is 35.3 Å². The average molecular weight is 333 g/mol. The van der Waals surface area contributed by atoms with E-state index in [-0.39, 0.29) is 6.79 Å². The second-order valence-electron chi connectivity index (χ2n) is 5.45. The highest BCUT2D eigenvalue weighted by molar-refractivity contribution is 5.91. The summed E-state index contributed by atoms with van der Waals surface area (Å²) >= 11 is 0. The molecule has 0 fully saturated rings. The van der Waals surface area contributed by atoms with E-state index >= 15 is 0 Å². The third kappa shape index (κ3) is 2.76. The first-order valence-electron chi connectivity index (χ1n) is 7.92. The Hall–Kier alpha value is -3.46. The molecule has 0 unspecified atom stereocenters. The van der Waals surface area contributed by atoms with E-state index < -0.39 is 0 Å². The summed E-state index contributed by atoms with van der Waals surface area (Å²) in [6.07, 6.45) is 1.74. The Kier molecular flexibility index (Phi) is 3.75. The first kappa shape index (κ1) is 15.1. The van der Waals surface area contributed by atoms with Crippen molar-refractivity contribution in [2.75, 3.05) is 13.4 Å². The van der Waals surface area contributed by atoms with Crippen molar-refractivity contribution in [1.29, 1.82) is 5.26 Å². The van der Waals surface area contributed by atoms with Crippen LogP contribution in [-0.4, -0.2) is 23.4 Å². The van der Waals surface area contributed by atoms with Crippen LogP contribution in [0, 0.1) is 11.3 Å². The van der Waals surface area contributed by atoms with Crippen molar-refractivity contribution in [2.45, 2.75) is 6.92 Å². The van der Waals surface area contributed by atoms with Gasteiger partial charge in [-0.25, -0.2) is 4.98 Å². The van der Waals surface area contributed by atoms with Gasteiger partial charge in [0.15, 0.2) is 11.5 Å². The molecular formula is C19H15N3O3. The maximum absolute atomic E-state index is 9.61. The first-order chi connectivity index (χ1) is 12.3. The van der Waals surface area contributed by atoms with E-state index in [1.165, 1.54) is 0 Å². The monoisotopic (exact) mass is 333 g/mol. The number of nitrogens with one attached hydrogen (secondary N) is 1. The molecule has 0 saturated heterocycles. The minimum Gasteiger partial charge on any atom is -0.493 e. The van der Waals surface area contributed by atoms with Crippen LogP contribution in [0.15, 0.2) is 36.4 Å². The number of benzene rings is 2. The molecule has 2 heterocycles. The third-order valence-corrected chi connectivity index (χ3v) is 3.87. The predicted molar refractivity (Wildman–Crippen MR) is 93.3 cm³/mol. The zero-order valence-corrected chi connectivity index (χ0v) is 13.6. The summed E-state index contributed by atoms with van der Waals surface area (Å²) in [5.41, 5.74) is 2.85. The van der Waals surface area contributed by atoms with Gasteiger partial charge in [-0.05, 0) is 31.2 Å². The fourth-order valence-electron chi connectivity index (χ4n) is 2.72. The summed E-state index contributed by atoms with van der Waals surface area (Å²) < 4.78 is 16.5. The fourth-order valence-corrected chi connectivity index (χ4v) is 2.72. The SMILES string of the molecule is CCOc1cc2c(cc1/C=C(\C#N)c1nc3ccccc3[nH]1)OCO2. The van der Waals surface area contributed by atoms with Gasteiger partial charge in [-0.3, -0.25) is 0 Å². The number of ether oxygens (including phenoxy) is 3. The number of aromatic nitrogens is 2. The van der Waals surface area contributed by atoms with Crippen LogP contribution in [0.3, 0.4) is 0 Å². The van der Waals surface area contributed by atoms with E-state index in [1.807, 2.05) is 37.3 Å². The molecule has 6 heteroatoms. The van der Waals surface area contributed by atoms with Crippen molar-refractivity contribution in [1.82, 2.24) is 9.97 Å². The standard InChI is InChI=1S/C19H15N3O3/c1-2-23-16-9-18-17(24-11-25-18)8-12(16)7-13(10-20)19-21-14-5-3-4-6-15(14)22-19/h3-9H,2,11H2,1H3,(H,21,22)/b13-7+. The molecule has 0 amide bonds. The predicted octanol–water partition coefficient (Wildman–Crippen LogP) is 3.75. The van der Waals surface area contributed by atoms with E-state index in [4.69, 9.17) is 14.2 Å². The number of rotatable bonds is 4. The Morgan fingerprint density at radius 2 is 2.12 bits per heavy atom. The minimum absolute atomic E-state index is 0.183. The molecule has 3 aromatic rings. The maximum Gasteiger partial charge on any atom is 0.231 e. The van der Waals surface area contributed by atoms with Crippen LogP contribution >= 0.6 is 0 Å². The van der Waals surface area contributed by atoms with Crippen LogP contribution in [0.2, 0.25) is 0 Å². The summed E-state index contributed by atoms with van der Waals surface area (Å²) in [5, 5.41) is 9.61. The highest BCUT2D eigenvalue weighted by atomic mass is 16.7. The molecule has 0 spiro atoms. The smallest absolute Gasteiger partial charge is 0.231 e. The van der Waals surface area contributed by atoms with E-state index in [9.17, 15) is 5.26 Å². The molecule has 1 N–H and O–H groups in total. The molecule has 0 bridgehead atoms. The lowest BCUT2D eigenvalue weighted by atomic mass is 10.1. The largest absolute Gasteiger partial charge is 0.493 e. The molecule has 6 nitrogen and oxygen atoms in total. The van der Waals surface area contributed by atoms with Crippen LogP contribution in [-0.2, 0) is 0 Å². The number of aromatic amines is 1. The fraction of sp³-hybridized carbons (Fsp3) is 0.158. The van der Waals surface area contributed by atoms with Gasteiger partial charge in [-0.15, -0.1) is 0 Å². The van der Waals surface area contributed by atoms with Crippen LogP contribution in [0.4, 0.5) is 0 Å². The lowest BCUT2D eigenvalue weighted by Gasteiger charge is -2.09. The molecule has 1 aliphatic heterocycles. The lowest BCUT2D eigenvalue weighted by molar-refractivity contribution is 0.174. The summed E-state index contributed by atoms with van der Waals surface area (Å²) in [5.74, 6) is 2.43. The van der Waals surface area contributed by atoms with Gasteiger partial charge in [0.05, 0.1) is 23.2 Å². The minimum atomic E-state index is 0.183. The van der Waals surface area contributed by atoms with Crippen molar-refractivity contribution in [3.8, 4) is 23.3 Å². The molecule has 0 atom stereocenters. The highest BCUT2D eigenvalue weighted by Gasteiger charge is 2.18. The van der Waals surface area contributed by atoms with Crippen LogP contribution < -0.4 is 14.2 Å². The number of imidazole rings is 1. The first-order valence-corrected chi connectivity index (χ1v) is 7.92. The summed E-state index contributed by atoms with van der Waals surface area (Å²) in [4.78, 5) is 7.66. The molecule has 2 aromatic carbocycles. The van der Waals surface area contributed by atoms with Gasteiger partial charge >= 0.3 is 0 Å². The summed E-state index contributed by atoms with van der Waals surface area (Å²) in [7, 11) is 0. The van der Waals surface area contributed by atoms with Crippen molar-refractivity contribution in [3.05, 3.63) is 47.8 Å². The van der Waals surface area contributed by atoms with Gasteiger partial charge in [-0.2, -0.15) is 5.26 Å². The Labute approximate surface area is 144 Å². The molecule has 1 aromatic heterocycles. The quantitative estimate of drug-likeness (QED) is 0.735. The second kappa shape index (κ2) is 6.21. The van der Waals surface area contributed by atoms with Crippen LogP contribution in [0.25, 0.3) is 22.7 Å². The summed E-state index contributed by atoms with van der Waals surface area (Å²) in [6.45, 7) is 2.60. The Bertz CT molecular complexity index is 981. The van der Waals surface area contributed by atoms with E-state index in [2.05, 4.69) is 16.0 Å². The number of hydrogen-bond acceptors (Lipinski definition) is 5. The topological polar surface area (TPSA) is 80.2 Å².